The number of hydrogen-bond donors (Lipinski definition) is 4. The largest absolute Gasteiger partial charge is 0.477 e. The molecular weight excluding hydrogens is 591 g/mol. The molecule has 4 aliphatic rings. The minimum Gasteiger partial charge on any atom is -0.477 e. The lowest BCUT2D eigenvalue weighted by Crippen LogP contribution is -2.54. The highest BCUT2D eigenvalue weighted by Crippen LogP contribution is 2.38. The Balaban J connectivity index is 0.999. The van der Waals surface area contributed by atoms with Crippen molar-refractivity contribution in [3.8, 4) is 0 Å². The zero-order chi connectivity index (χ0) is 31.1. The number of unbranched alkanes of at least 4 members (excludes halogenated alkanes) is 1. The van der Waals surface area contributed by atoms with Gasteiger partial charge in [-0.3, -0.25) is 14.4 Å². The maximum absolute atomic E-state index is 15.3. The number of benzene rings is 1. The highest BCUT2D eigenvalue weighted by molar-refractivity contribution is 8.00. The average molecular weight is 629 g/mol. The minimum atomic E-state index is -1.34. The minimum absolute atomic E-state index is 0.0436. The zero-order valence-electron chi connectivity index (χ0n) is 24.5. The SMILES string of the molecule is C[C@H](NC(=O)CCCC[C@@H]1SC[C@@H]2NC(=O)N[C@@H]21)C(=O)N1CCN(c2cc3c(cc2F)c(=O)c(C(=O)O)cn3C2CC2)CC1. The standard InChI is InChI=1S/C30H37FN6O6S/c1-16(32-25(38)5-3-2-4-24-26-21(15-44-24)33-30(43)34-26)28(40)36-10-8-35(9-11-36)23-13-22-18(12-20(23)31)27(39)19(29(41)42)14-37(22)17-6-7-17/h12-14,16-17,21,24,26H,2-11,15H2,1H3,(H,32,38)(H,41,42)(H2,33,34,43)/t16-,21-,24-,26-/m0/s1. The number of anilines is 1. The van der Waals surface area contributed by atoms with Gasteiger partial charge < -0.3 is 35.4 Å². The molecule has 0 unspecified atom stereocenters. The number of thioether (sulfide) groups is 1. The second-order valence-electron chi connectivity index (χ2n) is 12.1. The van der Waals surface area contributed by atoms with Gasteiger partial charge in [0.25, 0.3) is 0 Å². The number of carboxylic acid groups (broad SMARTS) is 1. The number of nitrogens with one attached hydrogen (secondary N) is 3. The van der Waals surface area contributed by atoms with E-state index in [0.717, 1.165) is 37.5 Å². The molecule has 44 heavy (non-hydrogen) atoms. The van der Waals surface area contributed by atoms with Gasteiger partial charge in [0, 0.05) is 61.2 Å². The highest BCUT2D eigenvalue weighted by Gasteiger charge is 2.42. The van der Waals surface area contributed by atoms with Crippen molar-refractivity contribution in [2.45, 2.75) is 74.9 Å². The van der Waals surface area contributed by atoms with Gasteiger partial charge in [0.2, 0.25) is 17.2 Å². The van der Waals surface area contributed by atoms with Crippen LogP contribution in [0.25, 0.3) is 10.9 Å². The van der Waals surface area contributed by atoms with Crippen molar-refractivity contribution in [1.82, 2.24) is 25.4 Å². The molecule has 0 bridgehead atoms. The lowest BCUT2D eigenvalue weighted by atomic mass is 10.0. The number of pyridine rings is 1. The van der Waals surface area contributed by atoms with Gasteiger partial charge in [-0.15, -0.1) is 0 Å². The molecule has 6 rings (SSSR count). The Labute approximate surface area is 257 Å². The average Bonchev–Trinajstić information content (AvgIpc) is 3.68. The summed E-state index contributed by atoms with van der Waals surface area (Å²) in [5, 5.41) is 18.6. The van der Waals surface area contributed by atoms with E-state index in [4.69, 9.17) is 0 Å². The van der Waals surface area contributed by atoms with Crippen molar-refractivity contribution in [2.24, 2.45) is 0 Å². The van der Waals surface area contributed by atoms with E-state index in [0.29, 0.717) is 55.5 Å². The van der Waals surface area contributed by atoms with Gasteiger partial charge >= 0.3 is 12.0 Å². The maximum atomic E-state index is 15.3. The molecule has 0 radical (unpaired) electrons. The Morgan fingerprint density at radius 3 is 2.57 bits per heavy atom. The van der Waals surface area contributed by atoms with Crippen molar-refractivity contribution in [3.05, 3.63) is 39.9 Å². The normalized spacial score (nSPS) is 23.7. The predicted octanol–water partition coefficient (Wildman–Crippen LogP) is 2.05. The molecule has 236 valence electrons. The first-order chi connectivity index (χ1) is 21.1. The Hall–Kier alpha value is -3.81. The van der Waals surface area contributed by atoms with Gasteiger partial charge in [0.15, 0.2) is 0 Å². The third-order valence-corrected chi connectivity index (χ3v) is 10.5. The van der Waals surface area contributed by atoms with Gasteiger partial charge in [-0.25, -0.2) is 14.0 Å². The summed E-state index contributed by atoms with van der Waals surface area (Å²) in [7, 11) is 0. The number of carbonyl (C=O) groups excluding carboxylic acids is 3. The van der Waals surface area contributed by atoms with E-state index in [1.54, 1.807) is 22.5 Å². The summed E-state index contributed by atoms with van der Waals surface area (Å²) < 4.78 is 17.1. The number of fused-ring (bicyclic) bond motifs is 2. The van der Waals surface area contributed by atoms with Gasteiger partial charge in [-0.2, -0.15) is 11.8 Å². The number of aromatic nitrogens is 1. The Kier molecular flexibility index (Phi) is 8.44. The summed E-state index contributed by atoms with van der Waals surface area (Å²) in [5.74, 6) is -1.42. The van der Waals surface area contributed by atoms with Gasteiger partial charge in [-0.05, 0) is 44.7 Å². The number of hydrogen-bond acceptors (Lipinski definition) is 7. The Morgan fingerprint density at radius 1 is 1.11 bits per heavy atom. The fraction of sp³-hybridized carbons (Fsp3) is 0.567. The molecular formula is C30H37FN6O6S. The van der Waals surface area contributed by atoms with E-state index in [1.165, 1.54) is 6.20 Å². The third kappa shape index (κ3) is 6.08. The number of amides is 4. The van der Waals surface area contributed by atoms with Crippen molar-refractivity contribution >= 4 is 52.2 Å². The molecule has 3 saturated heterocycles. The van der Waals surface area contributed by atoms with E-state index >= 15 is 4.39 Å². The molecule has 3 aliphatic heterocycles. The smallest absolute Gasteiger partial charge is 0.341 e. The highest BCUT2D eigenvalue weighted by atomic mass is 32.2. The van der Waals surface area contributed by atoms with Crippen molar-refractivity contribution < 1.29 is 28.7 Å². The summed E-state index contributed by atoms with van der Waals surface area (Å²) in [6, 6.07) is 2.35. The second-order valence-corrected chi connectivity index (χ2v) is 13.4. The lowest BCUT2D eigenvalue weighted by Gasteiger charge is -2.37. The van der Waals surface area contributed by atoms with Crippen molar-refractivity contribution in [1.29, 1.82) is 0 Å². The first-order valence-corrected chi connectivity index (χ1v) is 16.3. The molecule has 4 fully saturated rings. The number of carbonyl (C=O) groups is 4. The van der Waals surface area contributed by atoms with E-state index in [-0.39, 0.29) is 46.9 Å². The van der Waals surface area contributed by atoms with Gasteiger partial charge in [0.05, 0.1) is 23.3 Å². The van der Waals surface area contributed by atoms with Crippen molar-refractivity contribution in [2.75, 3.05) is 36.8 Å². The van der Waals surface area contributed by atoms with Crippen molar-refractivity contribution in [3.63, 3.8) is 0 Å². The van der Waals surface area contributed by atoms with Crippen LogP contribution in [0.5, 0.6) is 0 Å². The number of nitrogens with zero attached hydrogens (tertiary/aromatic N) is 3. The predicted molar refractivity (Wildman–Crippen MR) is 164 cm³/mol. The molecule has 4 heterocycles. The summed E-state index contributed by atoms with van der Waals surface area (Å²) in [6.07, 6.45) is 5.87. The van der Waals surface area contributed by atoms with Crippen LogP contribution in [-0.2, 0) is 9.59 Å². The first-order valence-electron chi connectivity index (χ1n) is 15.2. The molecule has 4 amide bonds. The molecule has 4 atom stereocenters. The molecule has 1 aliphatic carbocycles. The molecule has 1 aromatic carbocycles. The number of halogens is 1. The molecule has 14 heteroatoms. The molecule has 12 nitrogen and oxygen atoms in total. The zero-order valence-corrected chi connectivity index (χ0v) is 25.3. The summed E-state index contributed by atoms with van der Waals surface area (Å²) >= 11 is 1.85. The van der Waals surface area contributed by atoms with E-state index in [1.807, 2.05) is 16.7 Å². The van der Waals surface area contributed by atoms with E-state index < -0.39 is 23.3 Å². The van der Waals surface area contributed by atoms with Crippen LogP contribution in [0.2, 0.25) is 0 Å². The molecule has 4 N–H and O–H groups in total. The lowest BCUT2D eigenvalue weighted by molar-refractivity contribution is -0.136. The van der Waals surface area contributed by atoms with Crippen LogP contribution in [-0.4, -0.2) is 93.7 Å². The third-order valence-electron chi connectivity index (χ3n) is 9.03. The Bertz CT molecular complexity index is 1550. The van der Waals surface area contributed by atoms with Crippen LogP contribution in [0, 0.1) is 5.82 Å². The Morgan fingerprint density at radius 2 is 1.86 bits per heavy atom. The summed E-state index contributed by atoms with van der Waals surface area (Å²) in [6.45, 7) is 3.09. The van der Waals surface area contributed by atoms with E-state index in [2.05, 4.69) is 16.0 Å². The van der Waals surface area contributed by atoms with Crippen LogP contribution < -0.4 is 26.3 Å². The van der Waals surface area contributed by atoms with Gasteiger partial charge in [-0.1, -0.05) is 6.42 Å². The number of aromatic carboxylic acids is 1. The quantitative estimate of drug-likeness (QED) is 0.231. The molecule has 2 aromatic rings. The molecule has 0 spiro atoms. The monoisotopic (exact) mass is 628 g/mol. The number of carboxylic acids is 1. The van der Waals surface area contributed by atoms with Crippen LogP contribution in [0.1, 0.15) is 61.8 Å². The first kappa shape index (κ1) is 30.2. The topological polar surface area (TPSA) is 153 Å². The van der Waals surface area contributed by atoms with Gasteiger partial charge in [0.1, 0.15) is 17.4 Å². The van der Waals surface area contributed by atoms with Crippen LogP contribution in [0.4, 0.5) is 14.9 Å². The summed E-state index contributed by atoms with van der Waals surface area (Å²) in [4.78, 5) is 65.1. The van der Waals surface area contributed by atoms with Crippen LogP contribution >= 0.6 is 11.8 Å². The number of rotatable bonds is 10. The molecule has 1 saturated carbocycles. The van der Waals surface area contributed by atoms with Crippen LogP contribution in [0.3, 0.4) is 0 Å². The summed E-state index contributed by atoms with van der Waals surface area (Å²) in [5.41, 5.74) is -0.267. The fourth-order valence-corrected chi connectivity index (χ4v) is 8.04. The van der Waals surface area contributed by atoms with Crippen LogP contribution in [0.15, 0.2) is 23.1 Å². The van der Waals surface area contributed by atoms with E-state index in [9.17, 15) is 29.1 Å². The number of piperazine rings is 1. The fourth-order valence-electron chi connectivity index (χ4n) is 6.50. The second kappa shape index (κ2) is 12.3. The maximum Gasteiger partial charge on any atom is 0.341 e. The molecule has 1 aromatic heterocycles. The number of urea groups is 1.